The number of amides is 1. The average Bonchev–Trinajstić information content (AvgIpc) is 3.41. The van der Waals surface area contributed by atoms with Crippen molar-refractivity contribution >= 4 is 41.0 Å². The van der Waals surface area contributed by atoms with E-state index in [4.69, 9.17) is 37.4 Å². The number of carbonyl (C=O) groups excluding carboxylic acids is 1. The molecule has 0 bridgehead atoms. The molecule has 212 valence electrons. The Morgan fingerprint density at radius 2 is 1.95 bits per heavy atom. The lowest BCUT2D eigenvalue weighted by Gasteiger charge is -2.30. The summed E-state index contributed by atoms with van der Waals surface area (Å²) in [5.74, 6) is -0.744. The lowest BCUT2D eigenvalue weighted by Crippen LogP contribution is -2.39. The number of fused-ring (bicyclic) bond motifs is 1. The lowest BCUT2D eigenvalue weighted by molar-refractivity contribution is 0.0696. The quantitative estimate of drug-likeness (QED) is 0.232. The van der Waals surface area contributed by atoms with Gasteiger partial charge in [0.05, 0.1) is 30.5 Å². The summed E-state index contributed by atoms with van der Waals surface area (Å²) in [6.07, 6.45) is 2.52. The Bertz CT molecular complexity index is 1630. The Balaban J connectivity index is 1.31. The Hall–Kier alpha value is -4.28. The molecule has 12 heteroatoms. The summed E-state index contributed by atoms with van der Waals surface area (Å²) in [5.41, 5.74) is 2.60. The number of aromatic carboxylic acids is 1. The van der Waals surface area contributed by atoms with Gasteiger partial charge in [-0.15, -0.1) is 0 Å². The van der Waals surface area contributed by atoms with Crippen molar-refractivity contribution < 1.29 is 33.3 Å². The minimum atomic E-state index is -1.07. The molecular weight excluding hydrogens is 576 g/mol. The molecule has 0 aliphatic carbocycles. The van der Waals surface area contributed by atoms with E-state index in [9.17, 15) is 19.1 Å². The van der Waals surface area contributed by atoms with E-state index in [-0.39, 0.29) is 44.2 Å². The second-order valence-corrected chi connectivity index (χ2v) is 9.98. The fourth-order valence-corrected chi connectivity index (χ4v) is 4.73. The molecule has 5 rings (SSSR count). The zero-order valence-electron chi connectivity index (χ0n) is 21.8. The molecule has 1 aliphatic rings. The Labute approximate surface area is 244 Å². The van der Waals surface area contributed by atoms with E-state index in [2.05, 4.69) is 5.10 Å². The van der Waals surface area contributed by atoms with Crippen molar-refractivity contribution in [1.82, 2.24) is 9.78 Å². The normalized spacial score (nSPS) is 12.4. The van der Waals surface area contributed by atoms with E-state index in [0.29, 0.717) is 38.2 Å². The highest BCUT2D eigenvalue weighted by molar-refractivity contribution is 6.31. The van der Waals surface area contributed by atoms with Crippen LogP contribution in [0.3, 0.4) is 0 Å². The number of rotatable bonds is 8. The number of benzene rings is 3. The molecular formula is C29H24Cl2FN3O6. The molecule has 0 atom stereocenters. The van der Waals surface area contributed by atoms with Crippen LogP contribution in [-0.4, -0.2) is 53.3 Å². The van der Waals surface area contributed by atoms with Crippen LogP contribution in [-0.2, 0) is 11.3 Å². The number of ether oxygens (including phenoxy) is 3. The van der Waals surface area contributed by atoms with E-state index in [0.717, 1.165) is 5.56 Å². The summed E-state index contributed by atoms with van der Waals surface area (Å²) in [6.45, 7) is 2.43. The molecule has 0 unspecified atom stereocenters. The van der Waals surface area contributed by atoms with Crippen molar-refractivity contribution in [3.05, 3.63) is 93.5 Å². The van der Waals surface area contributed by atoms with Gasteiger partial charge in [-0.05, 0) is 48.9 Å². The maximum absolute atomic E-state index is 14.8. The van der Waals surface area contributed by atoms with Crippen LogP contribution in [0, 0.1) is 12.7 Å². The molecule has 1 N–H and O–H groups in total. The maximum Gasteiger partial charge on any atom is 0.414 e. The Morgan fingerprint density at radius 3 is 2.76 bits per heavy atom. The first-order valence-electron chi connectivity index (χ1n) is 12.5. The topological polar surface area (TPSA) is 103 Å². The third-order valence-electron chi connectivity index (χ3n) is 6.46. The van der Waals surface area contributed by atoms with Crippen molar-refractivity contribution in [2.75, 3.05) is 31.3 Å². The fourth-order valence-electron chi connectivity index (χ4n) is 4.39. The second kappa shape index (κ2) is 12.1. The van der Waals surface area contributed by atoms with Crippen LogP contribution in [0.1, 0.15) is 21.5 Å². The van der Waals surface area contributed by atoms with Gasteiger partial charge >= 0.3 is 12.1 Å². The van der Waals surface area contributed by atoms with E-state index < -0.39 is 17.9 Å². The molecule has 0 spiro atoms. The highest BCUT2D eigenvalue weighted by Crippen LogP contribution is 2.42. The predicted molar refractivity (Wildman–Crippen MR) is 151 cm³/mol. The number of carboxylic acid groups (broad SMARTS) is 1. The average molecular weight is 600 g/mol. The summed E-state index contributed by atoms with van der Waals surface area (Å²) in [4.78, 5) is 25.6. The Morgan fingerprint density at radius 1 is 1.12 bits per heavy atom. The van der Waals surface area contributed by atoms with E-state index >= 15 is 0 Å². The summed E-state index contributed by atoms with van der Waals surface area (Å²) in [6, 6.07) is 12.2. The van der Waals surface area contributed by atoms with Gasteiger partial charge in [0.15, 0.2) is 5.75 Å². The molecule has 0 radical (unpaired) electrons. The van der Waals surface area contributed by atoms with Gasteiger partial charge in [0.2, 0.25) is 0 Å². The molecule has 1 aliphatic heterocycles. The van der Waals surface area contributed by atoms with Crippen LogP contribution in [0.2, 0.25) is 10.0 Å². The van der Waals surface area contributed by atoms with Gasteiger partial charge in [0.1, 0.15) is 31.4 Å². The largest absolute Gasteiger partial charge is 0.490 e. The monoisotopic (exact) mass is 599 g/mol. The minimum Gasteiger partial charge on any atom is -0.490 e. The molecule has 4 aromatic rings. The number of aromatic nitrogens is 2. The molecule has 9 nitrogen and oxygen atoms in total. The second-order valence-electron chi connectivity index (χ2n) is 9.17. The fraction of sp³-hybridized carbons (Fsp3) is 0.207. The molecule has 2 heterocycles. The number of carboxylic acids is 1. The molecule has 0 saturated carbocycles. The van der Waals surface area contributed by atoms with Crippen LogP contribution >= 0.6 is 23.2 Å². The van der Waals surface area contributed by atoms with Gasteiger partial charge in [-0.25, -0.2) is 14.0 Å². The van der Waals surface area contributed by atoms with Crippen molar-refractivity contribution in [3.63, 3.8) is 0 Å². The lowest BCUT2D eigenvalue weighted by atomic mass is 10.1. The summed E-state index contributed by atoms with van der Waals surface area (Å²) < 4.78 is 33.3. The van der Waals surface area contributed by atoms with Crippen LogP contribution < -0.4 is 14.4 Å². The van der Waals surface area contributed by atoms with Crippen LogP contribution in [0.4, 0.5) is 14.9 Å². The maximum atomic E-state index is 14.8. The minimum absolute atomic E-state index is 0.0297. The van der Waals surface area contributed by atoms with Gasteiger partial charge in [-0.2, -0.15) is 5.10 Å². The summed E-state index contributed by atoms with van der Waals surface area (Å²) in [5, 5.41) is 14.6. The summed E-state index contributed by atoms with van der Waals surface area (Å²) >= 11 is 12.4. The zero-order valence-corrected chi connectivity index (χ0v) is 23.3. The molecule has 1 aromatic heterocycles. The SMILES string of the molecule is Cc1c(Cl)cccc1OCCOC(=O)N1CCOc2c(-c3cnn(Cc4cc(C(=O)O)ccc4Cl)c3)cc(F)cc21. The van der Waals surface area contributed by atoms with Crippen molar-refractivity contribution in [2.24, 2.45) is 0 Å². The van der Waals surface area contributed by atoms with Crippen molar-refractivity contribution in [1.29, 1.82) is 0 Å². The van der Waals surface area contributed by atoms with Gasteiger partial charge in [0, 0.05) is 39.0 Å². The molecule has 0 fully saturated rings. The predicted octanol–water partition coefficient (Wildman–Crippen LogP) is 6.47. The number of nitrogens with zero attached hydrogens (tertiary/aromatic N) is 3. The standard InChI is InChI=1S/C29H24Cl2FN3O6/c1-17-23(30)3-2-4-26(17)39-9-10-41-29(38)35-7-8-40-27-22(12-21(32)13-25(27)35)20-14-33-34(16-20)15-19-11-18(28(36)37)5-6-24(19)31/h2-6,11-14,16H,7-10,15H2,1H3,(H,36,37). The molecule has 41 heavy (non-hydrogen) atoms. The number of hydrogen-bond acceptors (Lipinski definition) is 6. The molecule has 0 saturated heterocycles. The third-order valence-corrected chi connectivity index (χ3v) is 7.24. The highest BCUT2D eigenvalue weighted by Gasteiger charge is 2.29. The van der Waals surface area contributed by atoms with Gasteiger partial charge in [-0.1, -0.05) is 29.3 Å². The van der Waals surface area contributed by atoms with Gasteiger partial charge < -0.3 is 19.3 Å². The third kappa shape index (κ3) is 6.23. The zero-order chi connectivity index (χ0) is 29.1. The Kier molecular flexibility index (Phi) is 8.32. The highest BCUT2D eigenvalue weighted by atomic mass is 35.5. The molecule has 3 aromatic carbocycles. The van der Waals surface area contributed by atoms with E-state index in [1.807, 2.05) is 6.92 Å². The number of carbonyl (C=O) groups is 2. The molecule has 1 amide bonds. The number of halogens is 3. The first-order valence-corrected chi connectivity index (χ1v) is 13.3. The van der Waals surface area contributed by atoms with E-state index in [1.165, 1.54) is 41.4 Å². The van der Waals surface area contributed by atoms with Crippen molar-refractivity contribution in [3.8, 4) is 22.6 Å². The van der Waals surface area contributed by atoms with Crippen LogP contribution in [0.25, 0.3) is 11.1 Å². The van der Waals surface area contributed by atoms with Crippen LogP contribution in [0.5, 0.6) is 11.5 Å². The van der Waals surface area contributed by atoms with Gasteiger partial charge in [0.25, 0.3) is 0 Å². The number of anilines is 1. The van der Waals surface area contributed by atoms with Crippen molar-refractivity contribution in [2.45, 2.75) is 13.5 Å². The first kappa shape index (κ1) is 28.3. The number of hydrogen-bond donors (Lipinski definition) is 1. The first-order chi connectivity index (χ1) is 19.7. The smallest absolute Gasteiger partial charge is 0.414 e. The summed E-state index contributed by atoms with van der Waals surface area (Å²) in [7, 11) is 0. The van der Waals surface area contributed by atoms with Gasteiger partial charge in [-0.3, -0.25) is 9.58 Å². The van der Waals surface area contributed by atoms with Crippen LogP contribution in [0.15, 0.2) is 60.9 Å². The van der Waals surface area contributed by atoms with E-state index in [1.54, 1.807) is 29.1 Å².